The summed E-state index contributed by atoms with van der Waals surface area (Å²) in [6.45, 7) is 7.89. The standard InChI is InChI=1S/C16H25N3O2/c1-11-9-17-14(12(2)15(11)20)10-18-16(21)13(3)19-7-5-4-6-8-19/h9,13H,4-8,10H2,1-3H3,(H,17,20)(H,18,21)/t13-/m0/s1. The quantitative estimate of drug-likeness (QED) is 0.883. The normalized spacial score (nSPS) is 17.5. The molecule has 21 heavy (non-hydrogen) atoms. The van der Waals surface area contributed by atoms with Gasteiger partial charge in [0.25, 0.3) is 0 Å². The molecule has 1 atom stereocenters. The number of aromatic amines is 1. The smallest absolute Gasteiger partial charge is 0.237 e. The van der Waals surface area contributed by atoms with Gasteiger partial charge in [-0.05, 0) is 46.7 Å². The number of piperidine rings is 1. The van der Waals surface area contributed by atoms with Crippen molar-refractivity contribution in [3.8, 4) is 0 Å². The molecule has 2 heterocycles. The van der Waals surface area contributed by atoms with Crippen molar-refractivity contribution in [2.24, 2.45) is 0 Å². The first-order chi connectivity index (χ1) is 10.0. The van der Waals surface area contributed by atoms with Crippen molar-refractivity contribution in [3.05, 3.63) is 33.2 Å². The number of likely N-dealkylation sites (tertiary alicyclic amines) is 1. The molecule has 2 N–H and O–H groups in total. The SMILES string of the molecule is Cc1c[nH]c(CNC(=O)[C@H](C)N2CCCCC2)c(C)c1=O. The van der Waals surface area contributed by atoms with E-state index in [0.29, 0.717) is 17.7 Å². The Labute approximate surface area is 125 Å². The van der Waals surface area contributed by atoms with Gasteiger partial charge in [0, 0.05) is 23.0 Å². The number of H-pyrrole nitrogens is 1. The van der Waals surface area contributed by atoms with Crippen LogP contribution in [0.2, 0.25) is 0 Å². The molecule has 0 bridgehead atoms. The number of aryl methyl sites for hydroxylation is 1. The van der Waals surface area contributed by atoms with E-state index in [1.165, 1.54) is 19.3 Å². The highest BCUT2D eigenvalue weighted by Gasteiger charge is 2.22. The van der Waals surface area contributed by atoms with Gasteiger partial charge in [-0.1, -0.05) is 6.42 Å². The number of hydrogen-bond donors (Lipinski definition) is 2. The second kappa shape index (κ2) is 6.89. The topological polar surface area (TPSA) is 65.2 Å². The summed E-state index contributed by atoms with van der Waals surface area (Å²) in [5.41, 5.74) is 2.21. The Morgan fingerprint density at radius 3 is 2.67 bits per heavy atom. The van der Waals surface area contributed by atoms with E-state index in [1.807, 2.05) is 6.92 Å². The minimum atomic E-state index is -0.109. The first kappa shape index (κ1) is 15.8. The maximum absolute atomic E-state index is 12.2. The third-order valence-corrected chi connectivity index (χ3v) is 4.37. The highest BCUT2D eigenvalue weighted by molar-refractivity contribution is 5.81. The lowest BCUT2D eigenvalue weighted by Crippen LogP contribution is -2.47. The van der Waals surface area contributed by atoms with Crippen molar-refractivity contribution in [1.29, 1.82) is 0 Å². The highest BCUT2D eigenvalue weighted by atomic mass is 16.2. The number of carbonyl (C=O) groups excluding carboxylic acids is 1. The Balaban J connectivity index is 1.94. The molecule has 1 fully saturated rings. The lowest BCUT2D eigenvalue weighted by molar-refractivity contribution is -0.126. The summed E-state index contributed by atoms with van der Waals surface area (Å²) in [7, 11) is 0. The fourth-order valence-corrected chi connectivity index (χ4v) is 2.78. The van der Waals surface area contributed by atoms with Crippen LogP contribution >= 0.6 is 0 Å². The van der Waals surface area contributed by atoms with Crippen molar-refractivity contribution in [3.63, 3.8) is 0 Å². The third kappa shape index (κ3) is 3.73. The van der Waals surface area contributed by atoms with Gasteiger partial charge in [-0.15, -0.1) is 0 Å². The summed E-state index contributed by atoms with van der Waals surface area (Å²) in [6, 6.07) is -0.109. The number of hydrogen-bond acceptors (Lipinski definition) is 3. The van der Waals surface area contributed by atoms with E-state index in [1.54, 1.807) is 20.0 Å². The Morgan fingerprint density at radius 2 is 2.00 bits per heavy atom. The van der Waals surface area contributed by atoms with Crippen molar-refractivity contribution in [1.82, 2.24) is 15.2 Å². The van der Waals surface area contributed by atoms with Crippen molar-refractivity contribution >= 4 is 5.91 Å². The second-order valence-electron chi connectivity index (χ2n) is 5.89. The van der Waals surface area contributed by atoms with E-state index in [-0.39, 0.29) is 17.4 Å². The lowest BCUT2D eigenvalue weighted by atomic mass is 10.1. The maximum atomic E-state index is 12.2. The Kier molecular flexibility index (Phi) is 5.17. The zero-order valence-electron chi connectivity index (χ0n) is 13.2. The van der Waals surface area contributed by atoms with Crippen LogP contribution in [-0.4, -0.2) is 34.9 Å². The first-order valence-corrected chi connectivity index (χ1v) is 7.70. The molecule has 1 aliphatic rings. The van der Waals surface area contributed by atoms with E-state index < -0.39 is 0 Å². The number of nitrogens with one attached hydrogen (secondary N) is 2. The molecule has 0 aliphatic carbocycles. The predicted octanol–water partition coefficient (Wildman–Crippen LogP) is 1.48. The number of nitrogens with zero attached hydrogens (tertiary/aromatic N) is 1. The highest BCUT2D eigenvalue weighted by Crippen LogP contribution is 2.12. The fourth-order valence-electron chi connectivity index (χ4n) is 2.78. The van der Waals surface area contributed by atoms with Crippen LogP contribution < -0.4 is 10.7 Å². The van der Waals surface area contributed by atoms with Gasteiger partial charge in [-0.25, -0.2) is 0 Å². The van der Waals surface area contributed by atoms with Gasteiger partial charge in [-0.2, -0.15) is 0 Å². The molecule has 0 saturated carbocycles. The van der Waals surface area contributed by atoms with Gasteiger partial charge in [0.2, 0.25) is 5.91 Å². The molecule has 0 spiro atoms. The van der Waals surface area contributed by atoms with E-state index in [0.717, 1.165) is 18.8 Å². The Hall–Kier alpha value is -1.62. The minimum Gasteiger partial charge on any atom is -0.363 e. The fraction of sp³-hybridized carbons (Fsp3) is 0.625. The Bertz CT molecular complexity index is 559. The van der Waals surface area contributed by atoms with Gasteiger partial charge in [0.05, 0.1) is 12.6 Å². The molecule has 1 amide bonds. The van der Waals surface area contributed by atoms with Crippen molar-refractivity contribution in [2.45, 2.75) is 52.6 Å². The average molecular weight is 291 g/mol. The molecule has 1 saturated heterocycles. The van der Waals surface area contributed by atoms with Crippen LogP contribution in [0.15, 0.2) is 11.0 Å². The molecular weight excluding hydrogens is 266 g/mol. The second-order valence-corrected chi connectivity index (χ2v) is 5.89. The van der Waals surface area contributed by atoms with E-state index >= 15 is 0 Å². The van der Waals surface area contributed by atoms with Crippen LogP contribution in [0.4, 0.5) is 0 Å². The summed E-state index contributed by atoms with van der Waals surface area (Å²) < 4.78 is 0. The van der Waals surface area contributed by atoms with Gasteiger partial charge in [-0.3, -0.25) is 14.5 Å². The van der Waals surface area contributed by atoms with Crippen LogP contribution in [-0.2, 0) is 11.3 Å². The molecule has 116 valence electrons. The molecule has 2 rings (SSSR count). The van der Waals surface area contributed by atoms with E-state index in [9.17, 15) is 9.59 Å². The third-order valence-electron chi connectivity index (χ3n) is 4.37. The first-order valence-electron chi connectivity index (χ1n) is 7.70. The van der Waals surface area contributed by atoms with Gasteiger partial charge in [0.1, 0.15) is 0 Å². The monoisotopic (exact) mass is 291 g/mol. The maximum Gasteiger partial charge on any atom is 0.237 e. The summed E-state index contributed by atoms with van der Waals surface area (Å²) in [5.74, 6) is 0.0257. The van der Waals surface area contributed by atoms with Gasteiger partial charge >= 0.3 is 0 Å². The van der Waals surface area contributed by atoms with Crippen LogP contribution in [0.3, 0.4) is 0 Å². The molecule has 0 radical (unpaired) electrons. The number of pyridine rings is 1. The zero-order chi connectivity index (χ0) is 15.4. The molecule has 5 heteroatoms. The predicted molar refractivity (Wildman–Crippen MR) is 83.3 cm³/mol. The van der Waals surface area contributed by atoms with Crippen LogP contribution in [0, 0.1) is 13.8 Å². The summed E-state index contributed by atoms with van der Waals surface area (Å²) >= 11 is 0. The molecule has 1 aromatic heterocycles. The minimum absolute atomic E-state index is 0.0257. The molecule has 5 nitrogen and oxygen atoms in total. The molecule has 0 unspecified atom stereocenters. The van der Waals surface area contributed by atoms with Crippen molar-refractivity contribution in [2.75, 3.05) is 13.1 Å². The van der Waals surface area contributed by atoms with E-state index in [2.05, 4.69) is 15.2 Å². The van der Waals surface area contributed by atoms with Crippen LogP contribution in [0.1, 0.15) is 43.0 Å². The zero-order valence-corrected chi connectivity index (χ0v) is 13.2. The summed E-state index contributed by atoms with van der Waals surface area (Å²) in [6.07, 6.45) is 5.30. The lowest BCUT2D eigenvalue weighted by Gasteiger charge is -2.31. The number of rotatable bonds is 4. The van der Waals surface area contributed by atoms with E-state index in [4.69, 9.17) is 0 Å². The number of amides is 1. The van der Waals surface area contributed by atoms with Crippen molar-refractivity contribution < 1.29 is 4.79 Å². The average Bonchev–Trinajstić information content (AvgIpc) is 2.52. The Morgan fingerprint density at radius 1 is 1.33 bits per heavy atom. The molecule has 0 aromatic carbocycles. The molecule has 1 aliphatic heterocycles. The summed E-state index contributed by atoms with van der Waals surface area (Å²) in [5, 5.41) is 2.93. The van der Waals surface area contributed by atoms with Crippen LogP contribution in [0.5, 0.6) is 0 Å². The van der Waals surface area contributed by atoms with Gasteiger partial charge < -0.3 is 10.3 Å². The molecule has 1 aromatic rings. The number of aromatic nitrogens is 1. The number of carbonyl (C=O) groups is 1. The van der Waals surface area contributed by atoms with Gasteiger partial charge in [0.15, 0.2) is 5.43 Å². The van der Waals surface area contributed by atoms with Crippen LogP contribution in [0.25, 0.3) is 0 Å². The largest absolute Gasteiger partial charge is 0.363 e. The summed E-state index contributed by atoms with van der Waals surface area (Å²) in [4.78, 5) is 29.4. The molecular formula is C16H25N3O2.